The second-order valence-electron chi connectivity index (χ2n) is 7.50. The molecule has 186 valence electrons. The number of aryl methyl sites for hydroxylation is 1. The number of nitrogens with one attached hydrogen (secondary N) is 1. The molecule has 0 spiro atoms. The van der Waals surface area contributed by atoms with Crippen LogP contribution in [0.5, 0.6) is 5.75 Å². The van der Waals surface area contributed by atoms with E-state index >= 15 is 0 Å². The second kappa shape index (κ2) is 12.4. The number of aromatic nitrogens is 3. The number of amides is 1. The van der Waals surface area contributed by atoms with Crippen LogP contribution >= 0.6 is 39.0 Å². The van der Waals surface area contributed by atoms with E-state index in [0.717, 1.165) is 14.9 Å². The monoisotopic (exact) mass is 578 g/mol. The van der Waals surface area contributed by atoms with Crippen molar-refractivity contribution in [3.63, 3.8) is 0 Å². The van der Waals surface area contributed by atoms with E-state index in [2.05, 4.69) is 38.0 Å². The first kappa shape index (κ1) is 27.0. The second-order valence-corrected chi connectivity index (χ2v) is 10.6. The van der Waals surface area contributed by atoms with Gasteiger partial charge in [0.15, 0.2) is 17.1 Å². The minimum atomic E-state index is -0.438. The molecule has 1 unspecified atom stereocenters. The van der Waals surface area contributed by atoms with Crippen molar-refractivity contribution in [2.75, 3.05) is 17.7 Å². The Balaban J connectivity index is 1.70. The lowest BCUT2D eigenvalue weighted by Crippen LogP contribution is -2.17. The lowest BCUT2D eigenvalue weighted by molar-refractivity contribution is -0.113. The maximum absolute atomic E-state index is 12.7. The molecule has 0 bridgehead atoms. The summed E-state index contributed by atoms with van der Waals surface area (Å²) in [6.45, 7) is 12.0. The number of anilines is 1. The molecule has 0 aliphatic carbocycles. The number of allylic oxidation sites excluding steroid dienone is 1. The zero-order valence-electron chi connectivity index (χ0n) is 20.0. The average molecular weight is 580 g/mol. The molecule has 0 saturated heterocycles. The molecule has 11 heteroatoms. The number of rotatable bonds is 11. The zero-order chi connectivity index (χ0) is 25.5. The normalized spacial score (nSPS) is 11.7. The van der Waals surface area contributed by atoms with Gasteiger partial charge in [-0.05, 0) is 57.5 Å². The summed E-state index contributed by atoms with van der Waals surface area (Å²) in [6, 6.07) is 7.54. The van der Waals surface area contributed by atoms with Crippen LogP contribution < -0.4 is 10.1 Å². The molecule has 3 rings (SSSR count). The SMILES string of the molecule is C=CCn1c(SCC(=O)Nc2sc(C)c(C)c2C(=O)OCC)nnc1C(C)Oc1ccc(Br)cc1. The number of thiophene rings is 1. The highest BCUT2D eigenvalue weighted by atomic mass is 79.9. The van der Waals surface area contributed by atoms with Crippen molar-refractivity contribution >= 4 is 55.9 Å². The molecule has 1 aromatic carbocycles. The summed E-state index contributed by atoms with van der Waals surface area (Å²) >= 11 is 6.02. The predicted octanol–water partition coefficient (Wildman–Crippen LogP) is 5.95. The Labute approximate surface area is 221 Å². The summed E-state index contributed by atoms with van der Waals surface area (Å²) in [5, 5.41) is 12.5. The summed E-state index contributed by atoms with van der Waals surface area (Å²) in [4.78, 5) is 26.1. The van der Waals surface area contributed by atoms with Crippen molar-refractivity contribution in [3.05, 3.63) is 63.2 Å². The van der Waals surface area contributed by atoms with Crippen LogP contribution in [-0.4, -0.2) is 39.0 Å². The summed E-state index contributed by atoms with van der Waals surface area (Å²) in [6.07, 6.45) is 1.38. The van der Waals surface area contributed by atoms with Gasteiger partial charge in [-0.2, -0.15) is 0 Å². The molecule has 2 aromatic heterocycles. The van der Waals surface area contributed by atoms with Crippen LogP contribution in [0.4, 0.5) is 5.00 Å². The molecule has 3 aromatic rings. The van der Waals surface area contributed by atoms with E-state index in [4.69, 9.17) is 9.47 Å². The fourth-order valence-corrected chi connectivity index (χ4v) is 5.32. The number of hydrogen-bond donors (Lipinski definition) is 1. The van der Waals surface area contributed by atoms with Crippen LogP contribution in [-0.2, 0) is 16.1 Å². The van der Waals surface area contributed by atoms with Crippen molar-refractivity contribution in [3.8, 4) is 5.75 Å². The van der Waals surface area contributed by atoms with Crippen LogP contribution in [0, 0.1) is 13.8 Å². The van der Waals surface area contributed by atoms with E-state index in [1.54, 1.807) is 13.0 Å². The van der Waals surface area contributed by atoms with Crippen LogP contribution in [0.25, 0.3) is 0 Å². The lowest BCUT2D eigenvalue weighted by Gasteiger charge is -2.15. The van der Waals surface area contributed by atoms with E-state index in [1.165, 1.54) is 23.1 Å². The lowest BCUT2D eigenvalue weighted by atomic mass is 10.1. The van der Waals surface area contributed by atoms with Gasteiger partial charge in [-0.25, -0.2) is 4.79 Å². The third kappa shape index (κ3) is 6.74. The molecular weight excluding hydrogens is 552 g/mol. The molecule has 0 aliphatic heterocycles. The Hall–Kier alpha value is -2.63. The first-order valence-corrected chi connectivity index (χ1v) is 13.5. The van der Waals surface area contributed by atoms with E-state index < -0.39 is 5.97 Å². The highest BCUT2D eigenvalue weighted by molar-refractivity contribution is 9.10. The molecule has 0 aliphatic rings. The number of halogens is 1. The Morgan fingerprint density at radius 2 is 2.00 bits per heavy atom. The Bertz CT molecular complexity index is 1210. The average Bonchev–Trinajstić information content (AvgIpc) is 3.34. The molecule has 0 saturated carbocycles. The molecule has 1 atom stereocenters. The van der Waals surface area contributed by atoms with Crippen LogP contribution in [0.3, 0.4) is 0 Å². The number of hydrogen-bond acceptors (Lipinski definition) is 8. The minimum Gasteiger partial charge on any atom is -0.483 e. The van der Waals surface area contributed by atoms with Crippen molar-refractivity contribution in [2.24, 2.45) is 0 Å². The summed E-state index contributed by atoms with van der Waals surface area (Å²) in [7, 11) is 0. The molecular formula is C24H27BrN4O4S2. The van der Waals surface area contributed by atoms with Crippen LogP contribution in [0.15, 0.2) is 46.5 Å². The fraction of sp³-hybridized carbons (Fsp3) is 0.333. The highest BCUT2D eigenvalue weighted by Gasteiger charge is 2.23. The van der Waals surface area contributed by atoms with Crippen LogP contribution in [0.2, 0.25) is 0 Å². The van der Waals surface area contributed by atoms with Gasteiger partial charge in [0.05, 0.1) is 17.9 Å². The summed E-state index contributed by atoms with van der Waals surface area (Å²) in [5.74, 6) is 0.740. The number of carbonyl (C=O) groups is 2. The number of esters is 1. The fourth-order valence-electron chi connectivity index (χ4n) is 3.24. The molecule has 2 heterocycles. The molecule has 35 heavy (non-hydrogen) atoms. The predicted molar refractivity (Wildman–Crippen MR) is 143 cm³/mol. The molecule has 0 radical (unpaired) electrons. The van der Waals surface area contributed by atoms with Gasteiger partial charge in [0, 0.05) is 15.9 Å². The molecule has 1 amide bonds. The van der Waals surface area contributed by atoms with E-state index in [0.29, 0.717) is 33.8 Å². The zero-order valence-corrected chi connectivity index (χ0v) is 23.2. The first-order chi connectivity index (χ1) is 16.7. The van der Waals surface area contributed by atoms with Gasteiger partial charge < -0.3 is 14.8 Å². The van der Waals surface area contributed by atoms with Gasteiger partial charge in [0.1, 0.15) is 10.8 Å². The Morgan fingerprint density at radius 3 is 2.66 bits per heavy atom. The summed E-state index contributed by atoms with van der Waals surface area (Å²) in [5.41, 5.74) is 1.22. The van der Waals surface area contributed by atoms with Gasteiger partial charge in [-0.1, -0.05) is 33.8 Å². The topological polar surface area (TPSA) is 95.3 Å². The van der Waals surface area contributed by atoms with Crippen molar-refractivity contribution < 1.29 is 19.1 Å². The Morgan fingerprint density at radius 1 is 1.29 bits per heavy atom. The van der Waals surface area contributed by atoms with E-state index in [9.17, 15) is 9.59 Å². The molecule has 0 fully saturated rings. The number of benzene rings is 1. The largest absolute Gasteiger partial charge is 0.483 e. The minimum absolute atomic E-state index is 0.0927. The smallest absolute Gasteiger partial charge is 0.341 e. The molecule has 1 N–H and O–H groups in total. The van der Waals surface area contributed by atoms with Gasteiger partial charge in [-0.15, -0.1) is 28.1 Å². The first-order valence-electron chi connectivity index (χ1n) is 10.9. The van der Waals surface area contributed by atoms with E-state index in [1.807, 2.05) is 49.6 Å². The van der Waals surface area contributed by atoms with Gasteiger partial charge in [-0.3, -0.25) is 9.36 Å². The number of ether oxygens (including phenoxy) is 2. The standard InChI is InChI=1S/C24H27BrN4O4S2/c1-6-12-29-21(15(4)33-18-10-8-17(25)9-11-18)27-28-24(29)34-13-19(30)26-22-20(23(31)32-7-2)14(3)16(5)35-22/h6,8-11,15H,1,7,12-13H2,2-5H3,(H,26,30). The highest BCUT2D eigenvalue weighted by Crippen LogP contribution is 2.33. The third-order valence-corrected chi connectivity index (χ3v) is 7.62. The quantitative estimate of drug-likeness (QED) is 0.170. The maximum Gasteiger partial charge on any atom is 0.341 e. The van der Waals surface area contributed by atoms with E-state index in [-0.39, 0.29) is 24.4 Å². The number of nitrogens with zero attached hydrogens (tertiary/aromatic N) is 3. The maximum atomic E-state index is 12.7. The van der Waals surface area contributed by atoms with Gasteiger partial charge in [0.25, 0.3) is 0 Å². The van der Waals surface area contributed by atoms with Gasteiger partial charge in [0.2, 0.25) is 5.91 Å². The summed E-state index contributed by atoms with van der Waals surface area (Å²) < 4.78 is 14.0. The Kier molecular flexibility index (Phi) is 9.53. The van der Waals surface area contributed by atoms with Crippen molar-refractivity contribution in [2.45, 2.75) is 45.5 Å². The third-order valence-electron chi connectivity index (χ3n) is 5.00. The number of thioether (sulfide) groups is 1. The van der Waals surface area contributed by atoms with Crippen LogP contribution in [0.1, 0.15) is 46.6 Å². The van der Waals surface area contributed by atoms with Gasteiger partial charge >= 0.3 is 5.97 Å². The van der Waals surface area contributed by atoms with Crippen molar-refractivity contribution in [1.29, 1.82) is 0 Å². The van der Waals surface area contributed by atoms with Crippen molar-refractivity contribution in [1.82, 2.24) is 14.8 Å². The molecule has 8 nitrogen and oxygen atoms in total. The number of carbonyl (C=O) groups excluding carboxylic acids is 2.